The van der Waals surface area contributed by atoms with E-state index in [0.717, 1.165) is 37.0 Å². The molecule has 1 aliphatic carbocycles. The van der Waals surface area contributed by atoms with Gasteiger partial charge in [0, 0.05) is 17.6 Å². The molecule has 0 unspecified atom stereocenters. The second-order valence-electron chi connectivity index (χ2n) is 4.73. The molecule has 1 saturated carbocycles. The van der Waals surface area contributed by atoms with Gasteiger partial charge >= 0.3 is 0 Å². The number of sulfonamides is 1. The summed E-state index contributed by atoms with van der Waals surface area (Å²) >= 11 is 1.13. The van der Waals surface area contributed by atoms with Crippen molar-refractivity contribution in [2.75, 3.05) is 12.3 Å². The van der Waals surface area contributed by atoms with Crippen molar-refractivity contribution in [1.82, 2.24) is 4.72 Å². The third-order valence-corrected chi connectivity index (χ3v) is 6.12. The summed E-state index contributed by atoms with van der Waals surface area (Å²) in [5.41, 5.74) is 5.99. The Balaban J connectivity index is 1.90. The molecule has 7 heteroatoms. The average Bonchev–Trinajstić information content (AvgIpc) is 2.76. The molecule has 1 aromatic heterocycles. The summed E-state index contributed by atoms with van der Waals surface area (Å²) < 4.78 is 26.8. The van der Waals surface area contributed by atoms with E-state index < -0.39 is 10.0 Å². The predicted octanol–water partition coefficient (Wildman–Crippen LogP) is 1.16. The highest BCUT2D eigenvalue weighted by molar-refractivity contribution is 7.91. The monoisotopic (exact) mass is 290 g/mol. The van der Waals surface area contributed by atoms with Crippen LogP contribution in [0.4, 0.5) is 5.69 Å². The quantitative estimate of drug-likeness (QED) is 0.776. The van der Waals surface area contributed by atoms with Gasteiger partial charge in [0.1, 0.15) is 4.21 Å². The first-order valence-corrected chi connectivity index (χ1v) is 8.35. The van der Waals surface area contributed by atoms with E-state index in [4.69, 9.17) is 5.73 Å². The second-order valence-corrected chi connectivity index (χ2v) is 7.63. The topological polar surface area (TPSA) is 92.4 Å². The van der Waals surface area contributed by atoms with Gasteiger partial charge in [-0.1, -0.05) is 0 Å². The number of thiophene rings is 1. The van der Waals surface area contributed by atoms with Gasteiger partial charge in [-0.15, -0.1) is 11.3 Å². The summed E-state index contributed by atoms with van der Waals surface area (Å²) in [4.78, 5) is 0. The maximum Gasteiger partial charge on any atom is 0.250 e. The van der Waals surface area contributed by atoms with Crippen molar-refractivity contribution >= 4 is 27.0 Å². The van der Waals surface area contributed by atoms with E-state index in [1.807, 2.05) is 0 Å². The first-order chi connectivity index (χ1) is 8.47. The Morgan fingerprint density at radius 3 is 2.61 bits per heavy atom. The van der Waals surface area contributed by atoms with E-state index in [0.29, 0.717) is 18.2 Å². The molecule has 0 amide bonds. The molecule has 1 heterocycles. The number of aliphatic hydroxyl groups excluding tert-OH is 1. The molecule has 1 aliphatic rings. The SMILES string of the molecule is Nc1csc(S(=O)(=O)NCC2CCC(O)CC2)c1. The van der Waals surface area contributed by atoms with E-state index in [1.165, 1.54) is 6.07 Å². The highest BCUT2D eigenvalue weighted by Crippen LogP contribution is 2.25. The van der Waals surface area contributed by atoms with E-state index in [2.05, 4.69) is 4.72 Å². The Morgan fingerprint density at radius 2 is 2.06 bits per heavy atom. The standard InChI is InChI=1S/C11H18N2O3S2/c12-9-5-11(17-7-9)18(15,16)13-6-8-1-3-10(14)4-2-8/h5,7-8,10,13-14H,1-4,6,12H2. The average molecular weight is 290 g/mol. The maximum atomic E-state index is 11.9. The minimum Gasteiger partial charge on any atom is -0.398 e. The van der Waals surface area contributed by atoms with Gasteiger partial charge in [-0.2, -0.15) is 0 Å². The highest BCUT2D eigenvalue weighted by atomic mass is 32.2. The lowest BCUT2D eigenvalue weighted by Crippen LogP contribution is -2.31. The number of nitrogens with one attached hydrogen (secondary N) is 1. The summed E-state index contributed by atoms with van der Waals surface area (Å²) in [5, 5.41) is 11.0. The summed E-state index contributed by atoms with van der Waals surface area (Å²) in [6.45, 7) is 0.437. The van der Waals surface area contributed by atoms with Crippen molar-refractivity contribution in [1.29, 1.82) is 0 Å². The van der Waals surface area contributed by atoms with Crippen LogP contribution in [0.15, 0.2) is 15.7 Å². The highest BCUT2D eigenvalue weighted by Gasteiger charge is 2.22. The summed E-state index contributed by atoms with van der Waals surface area (Å²) in [5.74, 6) is 0.320. The second kappa shape index (κ2) is 5.56. The number of aliphatic hydroxyl groups is 1. The Morgan fingerprint density at radius 1 is 1.39 bits per heavy atom. The van der Waals surface area contributed by atoms with Crippen LogP contribution in [0.5, 0.6) is 0 Å². The lowest BCUT2D eigenvalue weighted by atomic mass is 9.88. The van der Waals surface area contributed by atoms with Crippen molar-refractivity contribution in [3.63, 3.8) is 0 Å². The molecular formula is C11H18N2O3S2. The number of anilines is 1. The minimum atomic E-state index is -3.43. The van der Waals surface area contributed by atoms with Gasteiger partial charge in [-0.25, -0.2) is 13.1 Å². The molecule has 4 N–H and O–H groups in total. The summed E-state index contributed by atoms with van der Waals surface area (Å²) in [7, 11) is -3.43. The van der Waals surface area contributed by atoms with Crippen LogP contribution in [0.2, 0.25) is 0 Å². The van der Waals surface area contributed by atoms with Crippen molar-refractivity contribution in [3.8, 4) is 0 Å². The molecule has 0 spiro atoms. The Kier molecular flexibility index (Phi) is 4.26. The fourth-order valence-corrected chi connectivity index (χ4v) is 4.36. The Bertz CT molecular complexity index is 490. The molecule has 0 atom stereocenters. The smallest absolute Gasteiger partial charge is 0.250 e. The van der Waals surface area contributed by atoms with Gasteiger partial charge in [0.05, 0.1) is 6.10 Å². The van der Waals surface area contributed by atoms with Gasteiger partial charge in [-0.05, 0) is 37.7 Å². The molecule has 1 aromatic rings. The molecule has 18 heavy (non-hydrogen) atoms. The molecule has 0 aliphatic heterocycles. The fraction of sp³-hybridized carbons (Fsp3) is 0.636. The minimum absolute atomic E-state index is 0.213. The Labute approximate surface area is 111 Å². The molecule has 102 valence electrons. The molecule has 1 fully saturated rings. The number of rotatable bonds is 4. The van der Waals surface area contributed by atoms with Crippen molar-refractivity contribution in [2.24, 2.45) is 5.92 Å². The maximum absolute atomic E-state index is 11.9. The molecule has 0 saturated heterocycles. The van der Waals surface area contributed by atoms with Crippen LogP contribution < -0.4 is 10.5 Å². The fourth-order valence-electron chi connectivity index (χ4n) is 2.12. The van der Waals surface area contributed by atoms with Crippen molar-refractivity contribution in [3.05, 3.63) is 11.4 Å². The zero-order valence-corrected chi connectivity index (χ0v) is 11.6. The van der Waals surface area contributed by atoms with Crippen molar-refractivity contribution < 1.29 is 13.5 Å². The van der Waals surface area contributed by atoms with Gasteiger partial charge in [-0.3, -0.25) is 0 Å². The lowest BCUT2D eigenvalue weighted by molar-refractivity contribution is 0.110. The number of nitrogens with two attached hydrogens (primary N) is 1. The molecule has 5 nitrogen and oxygen atoms in total. The van der Waals surface area contributed by atoms with Crippen LogP contribution in [-0.4, -0.2) is 26.2 Å². The summed E-state index contributed by atoms with van der Waals surface area (Å²) in [6, 6.07) is 1.47. The van der Waals surface area contributed by atoms with Gasteiger partial charge < -0.3 is 10.8 Å². The lowest BCUT2D eigenvalue weighted by Gasteiger charge is -2.25. The van der Waals surface area contributed by atoms with E-state index >= 15 is 0 Å². The van der Waals surface area contributed by atoms with E-state index in [1.54, 1.807) is 5.38 Å². The third-order valence-electron chi connectivity index (χ3n) is 3.24. The van der Waals surface area contributed by atoms with Crippen LogP contribution in [0.1, 0.15) is 25.7 Å². The zero-order valence-electron chi connectivity index (χ0n) is 10.0. The molecule has 0 radical (unpaired) electrons. The largest absolute Gasteiger partial charge is 0.398 e. The number of hydrogen-bond donors (Lipinski definition) is 3. The van der Waals surface area contributed by atoms with Crippen LogP contribution >= 0.6 is 11.3 Å². The predicted molar refractivity (Wildman–Crippen MR) is 71.9 cm³/mol. The first-order valence-electron chi connectivity index (χ1n) is 5.99. The number of hydrogen-bond acceptors (Lipinski definition) is 5. The van der Waals surface area contributed by atoms with E-state index in [-0.39, 0.29) is 10.3 Å². The molecular weight excluding hydrogens is 272 g/mol. The normalized spacial score (nSPS) is 25.2. The van der Waals surface area contributed by atoms with Gasteiger partial charge in [0.15, 0.2) is 0 Å². The zero-order chi connectivity index (χ0) is 13.2. The van der Waals surface area contributed by atoms with Crippen LogP contribution in [0.25, 0.3) is 0 Å². The van der Waals surface area contributed by atoms with Crippen LogP contribution in [-0.2, 0) is 10.0 Å². The number of nitrogen functional groups attached to an aromatic ring is 1. The Hall–Kier alpha value is -0.630. The van der Waals surface area contributed by atoms with Crippen LogP contribution in [0, 0.1) is 5.92 Å². The van der Waals surface area contributed by atoms with E-state index in [9.17, 15) is 13.5 Å². The van der Waals surface area contributed by atoms with Gasteiger partial charge in [0.25, 0.3) is 0 Å². The van der Waals surface area contributed by atoms with Crippen molar-refractivity contribution in [2.45, 2.75) is 36.0 Å². The third kappa shape index (κ3) is 3.44. The summed E-state index contributed by atoms with van der Waals surface area (Å²) in [6.07, 6.45) is 3.05. The first kappa shape index (κ1) is 13.8. The molecule has 2 rings (SSSR count). The molecule has 0 bridgehead atoms. The van der Waals surface area contributed by atoms with Gasteiger partial charge in [0.2, 0.25) is 10.0 Å². The van der Waals surface area contributed by atoms with Crippen LogP contribution in [0.3, 0.4) is 0 Å². The molecule has 0 aromatic carbocycles.